The third kappa shape index (κ3) is 7.19. The number of carbonyl (C=O) groups is 1. The Morgan fingerprint density at radius 2 is 1.55 bits per heavy atom. The lowest BCUT2D eigenvalue weighted by atomic mass is 9.95. The number of aliphatic hydroxyl groups excluding tert-OH is 4. The molecule has 0 aromatic heterocycles. The average Bonchev–Trinajstić information content (AvgIpc) is 2.69. The summed E-state index contributed by atoms with van der Waals surface area (Å²) in [6.07, 6.45) is 12.6. The van der Waals surface area contributed by atoms with Crippen LogP contribution in [0.2, 0.25) is 0 Å². The second-order valence-corrected chi connectivity index (χ2v) is 8.14. The molecule has 6 heteroatoms. The number of unbranched alkanes of at least 4 members (excludes halogenated alkanes) is 9. The molecular weight excluding hydrogens is 372 g/mol. The summed E-state index contributed by atoms with van der Waals surface area (Å²) in [5.74, 6) is -1.36. The van der Waals surface area contributed by atoms with Crippen LogP contribution < -0.4 is 0 Å². The van der Waals surface area contributed by atoms with Crippen molar-refractivity contribution in [1.82, 2.24) is 0 Å². The van der Waals surface area contributed by atoms with Crippen molar-refractivity contribution >= 4 is 5.78 Å². The summed E-state index contributed by atoms with van der Waals surface area (Å²) in [6.45, 7) is 2.23. The molecule has 3 unspecified atom stereocenters. The molecule has 1 aliphatic carbocycles. The van der Waals surface area contributed by atoms with Gasteiger partial charge in [-0.1, -0.05) is 64.7 Å². The minimum atomic E-state index is -1.41. The minimum Gasteiger partial charge on any atom is -0.509 e. The van der Waals surface area contributed by atoms with Crippen LogP contribution >= 0.6 is 0 Å². The van der Waals surface area contributed by atoms with Gasteiger partial charge in [0.05, 0.1) is 6.42 Å². The van der Waals surface area contributed by atoms with E-state index in [0.717, 1.165) is 12.8 Å². The van der Waals surface area contributed by atoms with Crippen LogP contribution in [0.5, 0.6) is 0 Å². The van der Waals surface area contributed by atoms with Crippen LogP contribution in [0.1, 0.15) is 84.0 Å². The van der Waals surface area contributed by atoms with Gasteiger partial charge in [0.1, 0.15) is 24.1 Å². The highest BCUT2D eigenvalue weighted by atomic mass is 16.5. The molecule has 1 heterocycles. The Morgan fingerprint density at radius 3 is 2.14 bits per heavy atom. The summed E-state index contributed by atoms with van der Waals surface area (Å²) in [7, 11) is 0. The predicted octanol–water partition coefficient (Wildman–Crippen LogP) is 4.53. The van der Waals surface area contributed by atoms with Crippen molar-refractivity contribution in [3.05, 3.63) is 35.0 Å². The Balaban J connectivity index is 1.75. The molecule has 1 aliphatic heterocycles. The molecule has 0 saturated carbocycles. The molecule has 29 heavy (non-hydrogen) atoms. The van der Waals surface area contributed by atoms with Gasteiger partial charge < -0.3 is 25.2 Å². The van der Waals surface area contributed by atoms with Gasteiger partial charge in [-0.05, 0) is 25.0 Å². The standard InChI is InChI=1S/C23H36O6/c1-2-3-4-5-6-7-8-9-10-11-12-17-15-20(26)22(28)23(29-17)16-13-18(24)21(27)19(25)14-16/h13-14,17-18,21,24-25,27-28H,2-12,15H2,1H3. The van der Waals surface area contributed by atoms with Crippen molar-refractivity contribution in [2.24, 2.45) is 0 Å². The van der Waals surface area contributed by atoms with Crippen LogP contribution in [-0.2, 0) is 9.53 Å². The lowest BCUT2D eigenvalue weighted by molar-refractivity contribution is -0.123. The number of rotatable bonds is 12. The second kappa shape index (κ2) is 12.0. The summed E-state index contributed by atoms with van der Waals surface area (Å²) >= 11 is 0. The van der Waals surface area contributed by atoms with Gasteiger partial charge in [0.25, 0.3) is 0 Å². The Morgan fingerprint density at radius 1 is 0.966 bits per heavy atom. The Labute approximate surface area is 173 Å². The molecule has 2 rings (SSSR count). The van der Waals surface area contributed by atoms with Crippen LogP contribution in [0.25, 0.3) is 0 Å². The third-order valence-corrected chi connectivity index (χ3v) is 5.60. The zero-order chi connectivity index (χ0) is 21.2. The maximum Gasteiger partial charge on any atom is 0.204 e. The van der Waals surface area contributed by atoms with Crippen molar-refractivity contribution in [2.75, 3.05) is 0 Å². The van der Waals surface area contributed by atoms with Crippen molar-refractivity contribution in [1.29, 1.82) is 0 Å². The van der Waals surface area contributed by atoms with Gasteiger partial charge in [0.2, 0.25) is 11.5 Å². The van der Waals surface area contributed by atoms with E-state index in [4.69, 9.17) is 4.74 Å². The number of ketones is 1. The lowest BCUT2D eigenvalue weighted by Gasteiger charge is -2.28. The van der Waals surface area contributed by atoms with Gasteiger partial charge >= 0.3 is 0 Å². The highest BCUT2D eigenvalue weighted by molar-refractivity contribution is 5.95. The van der Waals surface area contributed by atoms with Gasteiger partial charge in [-0.3, -0.25) is 4.79 Å². The molecule has 0 aromatic rings. The first-order valence-electron chi connectivity index (χ1n) is 11.1. The van der Waals surface area contributed by atoms with Crippen molar-refractivity contribution in [2.45, 2.75) is 102 Å². The van der Waals surface area contributed by atoms with Gasteiger partial charge in [-0.25, -0.2) is 0 Å². The van der Waals surface area contributed by atoms with Crippen LogP contribution in [-0.4, -0.2) is 44.5 Å². The second-order valence-electron chi connectivity index (χ2n) is 8.14. The molecule has 164 valence electrons. The van der Waals surface area contributed by atoms with Crippen molar-refractivity contribution in [3.63, 3.8) is 0 Å². The predicted molar refractivity (Wildman–Crippen MR) is 111 cm³/mol. The third-order valence-electron chi connectivity index (χ3n) is 5.60. The molecule has 0 spiro atoms. The first kappa shape index (κ1) is 23.5. The first-order valence-corrected chi connectivity index (χ1v) is 11.1. The average molecular weight is 409 g/mol. The minimum absolute atomic E-state index is 0.0316. The number of hydrogen-bond acceptors (Lipinski definition) is 6. The zero-order valence-corrected chi connectivity index (χ0v) is 17.5. The van der Waals surface area contributed by atoms with E-state index in [1.807, 2.05) is 0 Å². The number of allylic oxidation sites excluding steroid dienone is 2. The van der Waals surface area contributed by atoms with Gasteiger partial charge in [0.15, 0.2) is 5.76 Å². The zero-order valence-electron chi connectivity index (χ0n) is 17.5. The van der Waals surface area contributed by atoms with Crippen molar-refractivity contribution < 1.29 is 30.0 Å². The molecule has 0 saturated heterocycles. The summed E-state index contributed by atoms with van der Waals surface area (Å²) in [5, 5.41) is 39.2. The number of aliphatic hydroxyl groups is 4. The molecule has 6 nitrogen and oxygen atoms in total. The monoisotopic (exact) mass is 408 g/mol. The number of hydrogen-bond donors (Lipinski definition) is 4. The molecule has 4 N–H and O–H groups in total. The van der Waals surface area contributed by atoms with Crippen LogP contribution in [0.4, 0.5) is 0 Å². The first-order chi connectivity index (χ1) is 13.9. The quantitative estimate of drug-likeness (QED) is 0.354. The van der Waals surface area contributed by atoms with E-state index in [1.54, 1.807) is 0 Å². The maximum absolute atomic E-state index is 12.2. The molecule has 0 fully saturated rings. The van der Waals surface area contributed by atoms with E-state index in [1.165, 1.54) is 63.5 Å². The fourth-order valence-corrected chi connectivity index (χ4v) is 3.80. The largest absolute Gasteiger partial charge is 0.509 e. The Kier molecular flexibility index (Phi) is 9.74. The topological polar surface area (TPSA) is 107 Å². The maximum atomic E-state index is 12.2. The highest BCUT2D eigenvalue weighted by Crippen LogP contribution is 2.31. The Hall–Kier alpha value is -1.79. The lowest BCUT2D eigenvalue weighted by Crippen LogP contribution is -2.31. The molecule has 3 atom stereocenters. The summed E-state index contributed by atoms with van der Waals surface area (Å²) in [5.41, 5.74) is 0.207. The molecule has 0 amide bonds. The van der Waals surface area contributed by atoms with E-state index in [9.17, 15) is 25.2 Å². The van der Waals surface area contributed by atoms with Gasteiger partial charge in [-0.2, -0.15) is 0 Å². The summed E-state index contributed by atoms with van der Waals surface area (Å²) in [6, 6.07) is 0. The highest BCUT2D eigenvalue weighted by Gasteiger charge is 2.33. The van der Waals surface area contributed by atoms with Crippen LogP contribution in [0.15, 0.2) is 35.0 Å². The number of ether oxygens (including phenoxy) is 1. The normalized spacial score (nSPS) is 24.9. The summed E-state index contributed by atoms with van der Waals surface area (Å²) in [4.78, 5) is 12.2. The molecule has 2 aliphatic rings. The van der Waals surface area contributed by atoms with Gasteiger partial charge in [0, 0.05) is 5.57 Å². The smallest absolute Gasteiger partial charge is 0.204 e. The molecule has 0 aromatic carbocycles. The van der Waals surface area contributed by atoms with Gasteiger partial charge in [-0.15, -0.1) is 0 Å². The molecule has 0 bridgehead atoms. The Bertz CT molecular complexity index is 633. The molecular formula is C23H36O6. The van der Waals surface area contributed by atoms with E-state index in [0.29, 0.717) is 6.42 Å². The van der Waals surface area contributed by atoms with Crippen LogP contribution in [0, 0.1) is 0 Å². The number of carbonyl (C=O) groups excluding carboxylic acids is 1. The fourth-order valence-electron chi connectivity index (χ4n) is 3.80. The van der Waals surface area contributed by atoms with E-state index >= 15 is 0 Å². The van der Waals surface area contributed by atoms with E-state index in [-0.39, 0.29) is 23.9 Å². The fraction of sp³-hybridized carbons (Fsp3) is 0.696. The molecule has 0 radical (unpaired) electrons. The number of Topliss-reactive ketones (excluding diaryl/α,β-unsaturated/α-hetero) is 1. The SMILES string of the molecule is CCCCCCCCCCCCC1CC(=O)C(O)=C(C2=CC(O)C(O)C(O)=C2)O1. The van der Waals surface area contributed by atoms with Crippen LogP contribution in [0.3, 0.4) is 0 Å². The van der Waals surface area contributed by atoms with E-state index in [2.05, 4.69) is 6.92 Å². The van der Waals surface area contributed by atoms with E-state index < -0.39 is 29.5 Å². The summed E-state index contributed by atoms with van der Waals surface area (Å²) < 4.78 is 5.82. The van der Waals surface area contributed by atoms with Crippen molar-refractivity contribution in [3.8, 4) is 0 Å².